The summed E-state index contributed by atoms with van der Waals surface area (Å²) in [6.45, 7) is 3.69. The summed E-state index contributed by atoms with van der Waals surface area (Å²) in [5, 5.41) is 10.4. The second kappa shape index (κ2) is 8.46. The molecule has 0 heterocycles. The van der Waals surface area contributed by atoms with Crippen molar-refractivity contribution in [2.75, 3.05) is 0 Å². The molecular weight excluding hydrogens is 399 g/mol. The second-order valence-electron chi connectivity index (χ2n) is 7.08. The lowest BCUT2D eigenvalue weighted by Gasteiger charge is -2.19. The van der Waals surface area contributed by atoms with E-state index in [1.165, 1.54) is 0 Å². The molecule has 0 radical (unpaired) electrons. The summed E-state index contributed by atoms with van der Waals surface area (Å²) in [6, 6.07) is 11.3. The second-order valence-corrected chi connectivity index (χ2v) is 7.08. The zero-order valence-electron chi connectivity index (χ0n) is 16.6. The van der Waals surface area contributed by atoms with Crippen molar-refractivity contribution in [3.05, 3.63) is 76.9 Å². The number of phenols is 1. The molecule has 0 unspecified atom stereocenters. The minimum atomic E-state index is -4.53. The Bertz CT molecular complexity index is 1040. The van der Waals surface area contributed by atoms with Gasteiger partial charge in [0.25, 0.3) is 0 Å². The summed E-state index contributed by atoms with van der Waals surface area (Å²) >= 11 is 0. The Balaban J connectivity index is 2.27. The van der Waals surface area contributed by atoms with E-state index in [1.54, 1.807) is 19.1 Å². The van der Waals surface area contributed by atoms with Gasteiger partial charge in [-0.25, -0.2) is 4.39 Å². The van der Waals surface area contributed by atoms with E-state index in [2.05, 4.69) is 0 Å². The lowest BCUT2D eigenvalue weighted by molar-refractivity contribution is -0.137. The average Bonchev–Trinajstić information content (AvgIpc) is 2.72. The Hall–Kier alpha value is -2.89. The van der Waals surface area contributed by atoms with Gasteiger partial charge in [-0.15, -0.1) is 0 Å². The third kappa shape index (κ3) is 4.04. The minimum Gasteiger partial charge on any atom is -0.504 e. The maximum absolute atomic E-state index is 14.6. The topological polar surface area (TPSA) is 20.2 Å². The standard InChI is InChI=1S/C24H21F5O/c1-3-5-14-6-8-15(9-7-14)19-18(4-2)21(25)22(26)23(30)20(19)16-10-12-17(13-11-16)24(27,28)29/h6-13,30H,3-5H2,1-2H3. The van der Waals surface area contributed by atoms with Crippen LogP contribution in [0.2, 0.25) is 0 Å². The van der Waals surface area contributed by atoms with Gasteiger partial charge in [0.1, 0.15) is 0 Å². The van der Waals surface area contributed by atoms with Gasteiger partial charge in [-0.05, 0) is 52.8 Å². The van der Waals surface area contributed by atoms with E-state index in [9.17, 15) is 27.1 Å². The number of benzene rings is 3. The summed E-state index contributed by atoms with van der Waals surface area (Å²) in [4.78, 5) is 0. The Morgan fingerprint density at radius 1 is 0.767 bits per heavy atom. The van der Waals surface area contributed by atoms with Gasteiger partial charge in [0.15, 0.2) is 11.6 Å². The number of halogens is 5. The molecule has 0 amide bonds. The van der Waals surface area contributed by atoms with Crippen LogP contribution in [0.3, 0.4) is 0 Å². The quantitative estimate of drug-likeness (QED) is 0.423. The zero-order chi connectivity index (χ0) is 22.1. The highest BCUT2D eigenvalue weighted by atomic mass is 19.4. The molecule has 0 saturated carbocycles. The third-order valence-corrected chi connectivity index (χ3v) is 5.09. The molecule has 0 aliphatic carbocycles. The summed E-state index contributed by atoms with van der Waals surface area (Å²) in [5.74, 6) is -3.48. The molecule has 1 N–H and O–H groups in total. The van der Waals surface area contributed by atoms with Gasteiger partial charge in [0.2, 0.25) is 5.82 Å². The maximum atomic E-state index is 14.6. The first-order valence-electron chi connectivity index (χ1n) is 9.68. The third-order valence-electron chi connectivity index (χ3n) is 5.09. The van der Waals surface area contributed by atoms with Crippen LogP contribution in [-0.2, 0) is 19.0 Å². The van der Waals surface area contributed by atoms with E-state index in [0.717, 1.165) is 42.7 Å². The maximum Gasteiger partial charge on any atom is 0.416 e. The van der Waals surface area contributed by atoms with Crippen LogP contribution in [0.15, 0.2) is 48.5 Å². The van der Waals surface area contributed by atoms with Crippen molar-refractivity contribution in [2.24, 2.45) is 0 Å². The van der Waals surface area contributed by atoms with Gasteiger partial charge in [0, 0.05) is 5.56 Å². The van der Waals surface area contributed by atoms with E-state index in [-0.39, 0.29) is 28.7 Å². The molecule has 3 aromatic carbocycles. The lowest BCUT2D eigenvalue weighted by atomic mass is 9.87. The van der Waals surface area contributed by atoms with E-state index in [0.29, 0.717) is 5.56 Å². The number of aromatic hydroxyl groups is 1. The van der Waals surface area contributed by atoms with Crippen LogP contribution in [0.25, 0.3) is 22.3 Å². The van der Waals surface area contributed by atoms with Gasteiger partial charge in [-0.1, -0.05) is 56.7 Å². The normalized spacial score (nSPS) is 11.7. The number of aryl methyl sites for hydroxylation is 1. The highest BCUT2D eigenvalue weighted by Gasteiger charge is 2.31. The van der Waals surface area contributed by atoms with Crippen LogP contribution in [-0.4, -0.2) is 5.11 Å². The van der Waals surface area contributed by atoms with Crippen LogP contribution in [0, 0.1) is 11.6 Å². The molecule has 6 heteroatoms. The van der Waals surface area contributed by atoms with Crippen LogP contribution >= 0.6 is 0 Å². The molecule has 0 fully saturated rings. The SMILES string of the molecule is CCCc1ccc(-c2c(CC)c(F)c(F)c(O)c2-c2ccc(C(F)(F)F)cc2)cc1. The van der Waals surface area contributed by atoms with E-state index < -0.39 is 29.1 Å². The van der Waals surface area contributed by atoms with Gasteiger partial charge in [0.05, 0.1) is 5.56 Å². The van der Waals surface area contributed by atoms with Crippen LogP contribution in [0.1, 0.15) is 37.0 Å². The monoisotopic (exact) mass is 420 g/mol. The molecule has 0 aromatic heterocycles. The van der Waals surface area contributed by atoms with Crippen molar-refractivity contribution in [3.63, 3.8) is 0 Å². The molecule has 0 saturated heterocycles. The zero-order valence-corrected chi connectivity index (χ0v) is 16.6. The molecule has 0 atom stereocenters. The predicted octanol–water partition coefficient (Wildman–Crippen LogP) is 7.54. The Morgan fingerprint density at radius 3 is 1.80 bits per heavy atom. The number of rotatable bonds is 5. The molecule has 1 nitrogen and oxygen atoms in total. The lowest BCUT2D eigenvalue weighted by Crippen LogP contribution is -2.05. The van der Waals surface area contributed by atoms with Gasteiger partial charge < -0.3 is 5.11 Å². The van der Waals surface area contributed by atoms with Crippen LogP contribution in [0.5, 0.6) is 5.75 Å². The van der Waals surface area contributed by atoms with Gasteiger partial charge in [-0.3, -0.25) is 0 Å². The molecule has 0 aliphatic rings. The van der Waals surface area contributed by atoms with E-state index in [1.807, 2.05) is 19.1 Å². The van der Waals surface area contributed by atoms with Crippen LogP contribution < -0.4 is 0 Å². The van der Waals surface area contributed by atoms with Crippen molar-refractivity contribution < 1.29 is 27.1 Å². The Morgan fingerprint density at radius 2 is 1.30 bits per heavy atom. The van der Waals surface area contributed by atoms with Gasteiger partial charge in [-0.2, -0.15) is 17.6 Å². The fourth-order valence-corrected chi connectivity index (χ4v) is 3.61. The first-order chi connectivity index (χ1) is 14.2. The smallest absolute Gasteiger partial charge is 0.416 e. The highest BCUT2D eigenvalue weighted by molar-refractivity contribution is 5.90. The summed E-state index contributed by atoms with van der Waals surface area (Å²) in [6.07, 6.45) is -2.58. The molecule has 30 heavy (non-hydrogen) atoms. The fourth-order valence-electron chi connectivity index (χ4n) is 3.61. The summed E-state index contributed by atoms with van der Waals surface area (Å²) in [5.41, 5.74) is 1.23. The van der Waals surface area contributed by atoms with Crippen molar-refractivity contribution in [1.29, 1.82) is 0 Å². The van der Waals surface area contributed by atoms with Crippen molar-refractivity contribution >= 4 is 0 Å². The molecule has 0 bridgehead atoms. The van der Waals surface area contributed by atoms with Crippen molar-refractivity contribution in [1.82, 2.24) is 0 Å². The molecule has 0 spiro atoms. The summed E-state index contributed by atoms with van der Waals surface area (Å²) < 4.78 is 67.9. The molecule has 158 valence electrons. The number of phenolic OH excluding ortho intramolecular Hbond substituents is 1. The average molecular weight is 420 g/mol. The van der Waals surface area contributed by atoms with Crippen molar-refractivity contribution in [3.8, 4) is 28.0 Å². The molecule has 0 aliphatic heterocycles. The Kier molecular flexibility index (Phi) is 6.15. The van der Waals surface area contributed by atoms with Crippen LogP contribution in [0.4, 0.5) is 22.0 Å². The number of hydrogen-bond acceptors (Lipinski definition) is 1. The summed E-state index contributed by atoms with van der Waals surface area (Å²) in [7, 11) is 0. The first kappa shape index (κ1) is 21.8. The minimum absolute atomic E-state index is 0.0253. The number of hydrogen-bond donors (Lipinski definition) is 1. The van der Waals surface area contributed by atoms with E-state index >= 15 is 0 Å². The highest BCUT2D eigenvalue weighted by Crippen LogP contribution is 2.45. The first-order valence-corrected chi connectivity index (χ1v) is 9.68. The van der Waals surface area contributed by atoms with Crippen molar-refractivity contribution in [2.45, 2.75) is 39.3 Å². The molecule has 3 aromatic rings. The van der Waals surface area contributed by atoms with Gasteiger partial charge >= 0.3 is 6.18 Å². The molecule has 3 rings (SSSR count). The fraction of sp³-hybridized carbons (Fsp3) is 0.250. The Labute approximate surface area is 171 Å². The molecular formula is C24H21F5O. The number of alkyl halides is 3. The van der Waals surface area contributed by atoms with E-state index in [4.69, 9.17) is 0 Å². The largest absolute Gasteiger partial charge is 0.504 e. The predicted molar refractivity (Wildman–Crippen MR) is 107 cm³/mol.